The third-order valence-electron chi connectivity index (χ3n) is 3.60. The number of hydrogen-bond donors (Lipinski definition) is 2. The predicted octanol–water partition coefficient (Wildman–Crippen LogP) is 3.01. The average Bonchev–Trinajstić information content (AvgIpc) is 3.08. The van der Waals surface area contributed by atoms with Crippen LogP contribution in [0.2, 0.25) is 0 Å². The molecule has 2 aromatic heterocycles. The lowest BCUT2D eigenvalue weighted by molar-refractivity contribution is 0.0691. The van der Waals surface area contributed by atoms with Gasteiger partial charge in [-0.25, -0.2) is 9.18 Å². The lowest BCUT2D eigenvalue weighted by atomic mass is 9.98. The summed E-state index contributed by atoms with van der Waals surface area (Å²) in [4.78, 5) is 27.7. The Hall–Kier alpha value is -3.40. The number of carboxylic acid groups (broad SMARTS) is 1. The summed E-state index contributed by atoms with van der Waals surface area (Å²) in [6.45, 7) is 1.72. The molecule has 0 aliphatic carbocycles. The minimum atomic E-state index is -1.37. The first-order valence-corrected chi connectivity index (χ1v) is 8.39. The van der Waals surface area contributed by atoms with Gasteiger partial charge in [0, 0.05) is 11.9 Å². The standard InChI is InChI=1S/C17H13FN4O4S/c1-8-5-11(9-3-4-10(15(24)25)13(18)6-9)12(7-19-8)14(23)20-16-21-22-17(26-2)27-16/h3-7H,1-2H3,(H,24,25)(H,20,21,23). The fourth-order valence-corrected chi connectivity index (χ4v) is 2.90. The van der Waals surface area contributed by atoms with Crippen molar-refractivity contribution in [2.24, 2.45) is 0 Å². The summed E-state index contributed by atoms with van der Waals surface area (Å²) in [7, 11) is 1.43. The van der Waals surface area contributed by atoms with Crippen LogP contribution in [0.4, 0.5) is 9.52 Å². The van der Waals surface area contributed by atoms with Gasteiger partial charge in [0.05, 0.1) is 18.2 Å². The van der Waals surface area contributed by atoms with E-state index in [1.54, 1.807) is 13.0 Å². The summed E-state index contributed by atoms with van der Waals surface area (Å²) in [6, 6.07) is 5.28. The Bertz CT molecular complexity index is 1040. The van der Waals surface area contributed by atoms with Gasteiger partial charge in [0.2, 0.25) is 5.13 Å². The van der Waals surface area contributed by atoms with Crippen LogP contribution in [0.15, 0.2) is 30.5 Å². The van der Waals surface area contributed by atoms with Crippen LogP contribution in [-0.2, 0) is 0 Å². The number of ether oxygens (including phenoxy) is 1. The Labute approximate surface area is 156 Å². The molecular weight excluding hydrogens is 375 g/mol. The van der Waals surface area contributed by atoms with Gasteiger partial charge in [-0.05, 0) is 47.6 Å². The maximum atomic E-state index is 14.1. The van der Waals surface area contributed by atoms with Gasteiger partial charge in [-0.3, -0.25) is 15.1 Å². The Morgan fingerprint density at radius 3 is 2.63 bits per heavy atom. The zero-order valence-corrected chi connectivity index (χ0v) is 15.0. The highest BCUT2D eigenvalue weighted by atomic mass is 32.1. The normalized spacial score (nSPS) is 10.5. The highest BCUT2D eigenvalue weighted by molar-refractivity contribution is 7.17. The van der Waals surface area contributed by atoms with Crippen LogP contribution < -0.4 is 10.1 Å². The number of nitrogens with zero attached hydrogens (tertiary/aromatic N) is 3. The molecule has 8 nitrogen and oxygen atoms in total. The number of hydrogen-bond acceptors (Lipinski definition) is 7. The van der Waals surface area contributed by atoms with Crippen LogP contribution in [0.1, 0.15) is 26.4 Å². The zero-order valence-electron chi connectivity index (χ0n) is 14.2. The van der Waals surface area contributed by atoms with Crippen molar-refractivity contribution < 1.29 is 23.8 Å². The third kappa shape index (κ3) is 3.90. The molecule has 2 N–H and O–H groups in total. The molecule has 0 bridgehead atoms. The van der Waals surface area contributed by atoms with Gasteiger partial charge in [0.15, 0.2) is 0 Å². The zero-order chi connectivity index (χ0) is 19.6. The van der Waals surface area contributed by atoms with E-state index in [9.17, 15) is 14.0 Å². The fourth-order valence-electron chi connectivity index (χ4n) is 2.34. The molecule has 2 heterocycles. The second-order valence-electron chi connectivity index (χ2n) is 5.40. The number of aromatic carboxylic acids is 1. The van der Waals surface area contributed by atoms with Gasteiger partial charge in [-0.15, -0.1) is 5.10 Å². The van der Waals surface area contributed by atoms with E-state index in [1.165, 1.54) is 19.4 Å². The molecule has 27 heavy (non-hydrogen) atoms. The van der Waals surface area contributed by atoms with Gasteiger partial charge in [0.25, 0.3) is 11.1 Å². The van der Waals surface area contributed by atoms with Crippen molar-refractivity contribution in [2.75, 3.05) is 12.4 Å². The number of carboxylic acids is 1. The van der Waals surface area contributed by atoms with Gasteiger partial charge in [-0.2, -0.15) is 0 Å². The van der Waals surface area contributed by atoms with Crippen LogP contribution in [0.25, 0.3) is 11.1 Å². The molecule has 0 fully saturated rings. The molecule has 0 saturated carbocycles. The summed E-state index contributed by atoms with van der Waals surface area (Å²) in [5.74, 6) is -2.78. The quantitative estimate of drug-likeness (QED) is 0.690. The van der Waals surface area contributed by atoms with E-state index in [2.05, 4.69) is 20.5 Å². The number of aromatic nitrogens is 3. The topological polar surface area (TPSA) is 114 Å². The van der Waals surface area contributed by atoms with E-state index >= 15 is 0 Å². The second kappa shape index (κ2) is 7.46. The Morgan fingerprint density at radius 2 is 2.00 bits per heavy atom. The largest absolute Gasteiger partial charge is 0.478 e. The molecule has 0 aliphatic heterocycles. The molecule has 0 radical (unpaired) electrons. The summed E-state index contributed by atoms with van der Waals surface area (Å²) in [5.41, 5.74) is 1.10. The molecule has 10 heteroatoms. The van der Waals surface area contributed by atoms with Crippen LogP contribution in [0.3, 0.4) is 0 Å². The van der Waals surface area contributed by atoms with Gasteiger partial charge >= 0.3 is 5.97 Å². The average molecular weight is 388 g/mol. The molecule has 3 aromatic rings. The third-order valence-corrected chi connectivity index (χ3v) is 4.40. The molecule has 3 rings (SSSR count). The molecule has 0 saturated heterocycles. The van der Waals surface area contributed by atoms with Crippen molar-refractivity contribution in [1.82, 2.24) is 15.2 Å². The number of pyridine rings is 1. The lowest BCUT2D eigenvalue weighted by Crippen LogP contribution is -2.14. The fraction of sp³-hybridized carbons (Fsp3) is 0.118. The van der Waals surface area contributed by atoms with Crippen molar-refractivity contribution in [3.05, 3.63) is 53.1 Å². The summed E-state index contributed by atoms with van der Waals surface area (Å²) in [5, 5.41) is 19.6. The van der Waals surface area contributed by atoms with Crippen LogP contribution in [0, 0.1) is 12.7 Å². The number of anilines is 1. The van der Waals surface area contributed by atoms with Gasteiger partial charge in [-0.1, -0.05) is 11.2 Å². The smallest absolute Gasteiger partial charge is 0.338 e. The monoisotopic (exact) mass is 388 g/mol. The van der Waals surface area contributed by atoms with E-state index in [-0.39, 0.29) is 10.7 Å². The summed E-state index contributed by atoms with van der Waals surface area (Å²) in [6.07, 6.45) is 1.36. The van der Waals surface area contributed by atoms with Gasteiger partial charge < -0.3 is 9.84 Å². The highest BCUT2D eigenvalue weighted by Crippen LogP contribution is 2.28. The van der Waals surface area contributed by atoms with Crippen LogP contribution >= 0.6 is 11.3 Å². The van der Waals surface area contributed by atoms with Crippen LogP contribution in [-0.4, -0.2) is 39.3 Å². The SMILES string of the molecule is COc1nnc(NC(=O)c2cnc(C)cc2-c2ccc(C(=O)O)c(F)c2)s1. The maximum absolute atomic E-state index is 14.1. The number of carbonyl (C=O) groups is 2. The number of benzene rings is 1. The molecule has 0 atom stereocenters. The number of amides is 1. The minimum Gasteiger partial charge on any atom is -0.478 e. The number of aryl methyl sites for hydroxylation is 1. The highest BCUT2D eigenvalue weighted by Gasteiger charge is 2.18. The second-order valence-corrected chi connectivity index (χ2v) is 6.34. The molecule has 138 valence electrons. The molecule has 0 unspecified atom stereocenters. The Balaban J connectivity index is 1.99. The number of methoxy groups -OCH3 is 1. The minimum absolute atomic E-state index is 0.178. The maximum Gasteiger partial charge on any atom is 0.338 e. The van der Waals surface area contributed by atoms with E-state index < -0.39 is 23.3 Å². The Kier molecular flexibility index (Phi) is 5.08. The van der Waals surface area contributed by atoms with E-state index in [4.69, 9.17) is 9.84 Å². The Morgan fingerprint density at radius 1 is 1.22 bits per heavy atom. The number of nitrogens with one attached hydrogen (secondary N) is 1. The molecular formula is C17H13FN4O4S. The van der Waals surface area contributed by atoms with Crippen molar-refractivity contribution in [3.63, 3.8) is 0 Å². The van der Waals surface area contributed by atoms with Crippen molar-refractivity contribution in [2.45, 2.75) is 6.92 Å². The first kappa shape index (κ1) is 18.4. The first-order chi connectivity index (χ1) is 12.9. The van der Waals surface area contributed by atoms with E-state index in [1.807, 2.05) is 0 Å². The van der Waals surface area contributed by atoms with Crippen LogP contribution in [0.5, 0.6) is 5.19 Å². The number of rotatable bonds is 5. The van der Waals surface area contributed by atoms with Gasteiger partial charge in [0.1, 0.15) is 5.82 Å². The van der Waals surface area contributed by atoms with Crippen molar-refractivity contribution in [3.8, 4) is 16.3 Å². The first-order valence-electron chi connectivity index (χ1n) is 7.57. The summed E-state index contributed by atoms with van der Waals surface area (Å²) < 4.78 is 19.0. The molecule has 1 amide bonds. The lowest BCUT2D eigenvalue weighted by Gasteiger charge is -2.10. The van der Waals surface area contributed by atoms with E-state index in [0.717, 1.165) is 23.5 Å². The molecule has 0 aliphatic rings. The van der Waals surface area contributed by atoms with Crippen molar-refractivity contribution >= 4 is 28.3 Å². The predicted molar refractivity (Wildman–Crippen MR) is 95.7 cm³/mol. The number of carbonyl (C=O) groups excluding carboxylic acids is 1. The van der Waals surface area contributed by atoms with Crippen molar-refractivity contribution in [1.29, 1.82) is 0 Å². The molecule has 0 spiro atoms. The summed E-state index contributed by atoms with van der Waals surface area (Å²) >= 11 is 1.05. The van der Waals surface area contributed by atoms with E-state index in [0.29, 0.717) is 22.0 Å². The number of halogens is 1. The molecule has 1 aromatic carbocycles.